The van der Waals surface area contributed by atoms with Crippen molar-refractivity contribution >= 4 is 16.9 Å². The molecule has 4 aromatic rings. The Morgan fingerprint density at radius 2 is 2.00 bits per heavy atom. The molecular formula is C29H32N6O. The van der Waals surface area contributed by atoms with Crippen molar-refractivity contribution in [2.24, 2.45) is 7.05 Å². The highest BCUT2D eigenvalue weighted by molar-refractivity contribution is 5.93. The maximum absolute atomic E-state index is 13.6. The van der Waals surface area contributed by atoms with Crippen LogP contribution in [0.2, 0.25) is 0 Å². The SMILES string of the molecule is Cc1c[nH]c2ncc(-c3cc4c(c(C5CCCN5)c3)CN(C(=O)c3cc(C5CC5)nn3C)CC4)cc12. The number of hydrogen-bond donors (Lipinski definition) is 2. The number of aromatic nitrogens is 4. The summed E-state index contributed by atoms with van der Waals surface area (Å²) >= 11 is 0. The van der Waals surface area contributed by atoms with Crippen LogP contribution in [0.4, 0.5) is 0 Å². The van der Waals surface area contributed by atoms with Crippen molar-refractivity contribution in [1.29, 1.82) is 0 Å². The van der Waals surface area contributed by atoms with E-state index in [1.807, 2.05) is 30.4 Å². The lowest BCUT2D eigenvalue weighted by Gasteiger charge is -2.32. The minimum Gasteiger partial charge on any atom is -0.346 e. The Bertz CT molecular complexity index is 1490. The van der Waals surface area contributed by atoms with Crippen molar-refractivity contribution in [3.8, 4) is 11.1 Å². The van der Waals surface area contributed by atoms with Gasteiger partial charge in [0.2, 0.25) is 0 Å². The van der Waals surface area contributed by atoms with E-state index in [2.05, 4.69) is 45.5 Å². The number of carbonyl (C=O) groups excluding carboxylic acids is 1. The summed E-state index contributed by atoms with van der Waals surface area (Å²) in [5.74, 6) is 0.636. The Kier molecular flexibility index (Phi) is 5.03. The minimum atomic E-state index is 0.0922. The van der Waals surface area contributed by atoms with E-state index < -0.39 is 0 Å². The number of benzene rings is 1. The van der Waals surface area contributed by atoms with E-state index in [4.69, 9.17) is 0 Å². The Morgan fingerprint density at radius 3 is 2.81 bits per heavy atom. The standard InChI is InChI=1S/C29H32N6O/c1-17-14-31-28-22(17)12-21(15-32-28)20-10-19-7-9-35(16-24(19)23(11-20)25-4-3-8-30-25)29(36)27-13-26(18-5-6-18)33-34(27)2/h10-15,18,25,30H,3-9,16H2,1-2H3,(H,31,32). The third-order valence-corrected chi connectivity index (χ3v) is 8.28. The summed E-state index contributed by atoms with van der Waals surface area (Å²) in [5.41, 5.74) is 10.3. The van der Waals surface area contributed by atoms with Gasteiger partial charge in [-0.15, -0.1) is 0 Å². The summed E-state index contributed by atoms with van der Waals surface area (Å²) in [5, 5.41) is 9.51. The Morgan fingerprint density at radius 1 is 1.11 bits per heavy atom. The smallest absolute Gasteiger partial charge is 0.272 e. The summed E-state index contributed by atoms with van der Waals surface area (Å²) in [6.45, 7) is 4.54. The number of rotatable bonds is 4. The summed E-state index contributed by atoms with van der Waals surface area (Å²) in [7, 11) is 1.90. The zero-order valence-corrected chi connectivity index (χ0v) is 21.0. The molecule has 2 N–H and O–H groups in total. The molecule has 2 aliphatic heterocycles. The molecule has 1 saturated carbocycles. The normalized spacial score (nSPS) is 19.7. The van der Waals surface area contributed by atoms with E-state index >= 15 is 0 Å². The van der Waals surface area contributed by atoms with E-state index in [9.17, 15) is 4.79 Å². The van der Waals surface area contributed by atoms with Gasteiger partial charge in [0.1, 0.15) is 11.3 Å². The fourth-order valence-electron chi connectivity index (χ4n) is 6.02. The topological polar surface area (TPSA) is 78.8 Å². The number of H-pyrrole nitrogens is 1. The van der Waals surface area contributed by atoms with Crippen molar-refractivity contribution in [1.82, 2.24) is 30.0 Å². The van der Waals surface area contributed by atoms with Crippen LogP contribution in [0.3, 0.4) is 0 Å². The van der Waals surface area contributed by atoms with Crippen molar-refractivity contribution in [2.75, 3.05) is 13.1 Å². The number of hydrogen-bond acceptors (Lipinski definition) is 4. The van der Waals surface area contributed by atoms with Crippen LogP contribution < -0.4 is 5.32 Å². The van der Waals surface area contributed by atoms with E-state index in [1.165, 1.54) is 52.5 Å². The fraction of sp³-hybridized carbons (Fsp3) is 0.414. The highest BCUT2D eigenvalue weighted by Crippen LogP contribution is 2.40. The summed E-state index contributed by atoms with van der Waals surface area (Å²) in [6.07, 6.45) is 9.54. The molecule has 3 aromatic heterocycles. The van der Waals surface area contributed by atoms with E-state index in [0.29, 0.717) is 24.2 Å². The molecule has 3 aliphatic rings. The first-order chi connectivity index (χ1) is 17.5. The molecule has 7 nitrogen and oxygen atoms in total. The molecule has 7 rings (SSSR count). The molecular weight excluding hydrogens is 448 g/mol. The molecule has 1 atom stereocenters. The quantitative estimate of drug-likeness (QED) is 0.441. The van der Waals surface area contributed by atoms with Gasteiger partial charge in [-0.05, 0) is 91.6 Å². The molecule has 1 aromatic carbocycles. The summed E-state index contributed by atoms with van der Waals surface area (Å²) in [4.78, 5) is 23.5. The van der Waals surface area contributed by atoms with Crippen molar-refractivity contribution in [2.45, 2.75) is 57.5 Å². The number of fused-ring (bicyclic) bond motifs is 2. The van der Waals surface area contributed by atoms with Crippen molar-refractivity contribution < 1.29 is 4.79 Å². The molecule has 5 heterocycles. The van der Waals surface area contributed by atoms with Gasteiger partial charge in [-0.2, -0.15) is 5.10 Å². The Balaban J connectivity index is 1.25. The number of pyridine rings is 1. The van der Waals surface area contributed by atoms with Crippen LogP contribution in [0.5, 0.6) is 0 Å². The fourth-order valence-corrected chi connectivity index (χ4v) is 6.02. The van der Waals surface area contributed by atoms with Gasteiger partial charge in [-0.25, -0.2) is 4.98 Å². The van der Waals surface area contributed by atoms with Gasteiger partial charge in [0, 0.05) is 55.4 Å². The van der Waals surface area contributed by atoms with E-state index in [-0.39, 0.29) is 5.91 Å². The van der Waals surface area contributed by atoms with Crippen LogP contribution in [0.15, 0.2) is 36.7 Å². The molecule has 184 valence electrons. The van der Waals surface area contributed by atoms with E-state index in [1.54, 1.807) is 4.68 Å². The second-order valence-electron chi connectivity index (χ2n) is 10.8. The van der Waals surface area contributed by atoms with Crippen LogP contribution >= 0.6 is 0 Å². The van der Waals surface area contributed by atoms with Gasteiger partial charge in [0.05, 0.1) is 5.69 Å². The summed E-state index contributed by atoms with van der Waals surface area (Å²) in [6, 6.07) is 9.27. The predicted octanol–water partition coefficient (Wildman–Crippen LogP) is 4.77. The maximum atomic E-state index is 13.6. The number of nitrogens with one attached hydrogen (secondary N) is 2. The zero-order valence-electron chi connectivity index (χ0n) is 21.0. The van der Waals surface area contributed by atoms with Crippen LogP contribution in [-0.2, 0) is 20.0 Å². The van der Waals surface area contributed by atoms with Gasteiger partial charge >= 0.3 is 0 Å². The molecule has 1 unspecified atom stereocenters. The second kappa shape index (κ2) is 8.30. The average molecular weight is 481 g/mol. The molecule has 7 heteroatoms. The average Bonchev–Trinajstić information content (AvgIpc) is 3.28. The third-order valence-electron chi connectivity index (χ3n) is 8.28. The van der Waals surface area contributed by atoms with Crippen LogP contribution in [0.25, 0.3) is 22.2 Å². The first kappa shape index (κ1) is 21.8. The lowest BCUT2D eigenvalue weighted by Crippen LogP contribution is -2.38. The minimum absolute atomic E-state index is 0.0922. The number of carbonyl (C=O) groups is 1. The lowest BCUT2D eigenvalue weighted by molar-refractivity contribution is 0.0722. The first-order valence-electron chi connectivity index (χ1n) is 13.2. The zero-order chi connectivity index (χ0) is 24.4. The molecule has 1 aliphatic carbocycles. The van der Waals surface area contributed by atoms with Crippen molar-refractivity contribution in [3.05, 3.63) is 70.3 Å². The van der Waals surface area contributed by atoms with Gasteiger partial charge in [-0.3, -0.25) is 9.48 Å². The largest absolute Gasteiger partial charge is 0.346 e. The van der Waals surface area contributed by atoms with E-state index in [0.717, 1.165) is 42.8 Å². The van der Waals surface area contributed by atoms with Gasteiger partial charge in [0.15, 0.2) is 0 Å². The second-order valence-corrected chi connectivity index (χ2v) is 10.8. The van der Waals surface area contributed by atoms with Crippen LogP contribution in [0, 0.1) is 6.92 Å². The number of aryl methyl sites for hydroxylation is 2. The van der Waals surface area contributed by atoms with Gasteiger partial charge in [0.25, 0.3) is 5.91 Å². The van der Waals surface area contributed by atoms with Crippen LogP contribution in [-0.4, -0.2) is 43.6 Å². The Labute approximate surface area is 210 Å². The number of aromatic amines is 1. The molecule has 1 amide bonds. The number of amides is 1. The molecule has 0 radical (unpaired) electrons. The highest BCUT2D eigenvalue weighted by Gasteiger charge is 2.32. The predicted molar refractivity (Wildman–Crippen MR) is 140 cm³/mol. The van der Waals surface area contributed by atoms with Crippen LogP contribution in [0.1, 0.15) is 76.1 Å². The molecule has 36 heavy (non-hydrogen) atoms. The first-order valence-corrected chi connectivity index (χ1v) is 13.2. The van der Waals surface area contributed by atoms with Crippen molar-refractivity contribution in [3.63, 3.8) is 0 Å². The maximum Gasteiger partial charge on any atom is 0.272 e. The molecule has 2 fully saturated rings. The van der Waals surface area contributed by atoms with Gasteiger partial charge in [-0.1, -0.05) is 6.07 Å². The lowest BCUT2D eigenvalue weighted by atomic mass is 9.87. The van der Waals surface area contributed by atoms with Gasteiger partial charge < -0.3 is 15.2 Å². The molecule has 0 spiro atoms. The summed E-state index contributed by atoms with van der Waals surface area (Å²) < 4.78 is 1.78. The monoisotopic (exact) mass is 480 g/mol. The molecule has 1 saturated heterocycles. The third kappa shape index (κ3) is 3.64. The number of nitrogens with zero attached hydrogens (tertiary/aromatic N) is 4. The molecule has 0 bridgehead atoms. The Hall–Kier alpha value is -3.45. The highest BCUT2D eigenvalue weighted by atomic mass is 16.2.